The lowest BCUT2D eigenvalue weighted by Crippen LogP contribution is -2.45. The molecule has 1 aromatic rings. The summed E-state index contributed by atoms with van der Waals surface area (Å²) in [5, 5.41) is 0. The Hall–Kier alpha value is -1.39. The SMILES string of the molecule is CCC(=O)c1ccccc1OCCCN1C[C@H](C)O[C@@H](C)C1. The summed E-state index contributed by atoms with van der Waals surface area (Å²) in [5.41, 5.74) is 0.693. The van der Waals surface area contributed by atoms with Gasteiger partial charge in [0.2, 0.25) is 0 Å². The Balaban J connectivity index is 1.78. The minimum absolute atomic E-state index is 0.131. The molecule has 2 atom stereocenters. The summed E-state index contributed by atoms with van der Waals surface area (Å²) in [5.74, 6) is 0.837. The van der Waals surface area contributed by atoms with E-state index < -0.39 is 0 Å². The molecule has 1 aromatic carbocycles. The molecular formula is C18H27NO3. The predicted molar refractivity (Wildman–Crippen MR) is 87.6 cm³/mol. The first kappa shape index (κ1) is 17.0. The molecule has 1 aliphatic heterocycles. The molecule has 0 unspecified atom stereocenters. The molecule has 122 valence electrons. The number of hydrogen-bond acceptors (Lipinski definition) is 4. The Morgan fingerprint density at radius 2 is 1.95 bits per heavy atom. The van der Waals surface area contributed by atoms with Gasteiger partial charge in [0, 0.05) is 26.1 Å². The lowest BCUT2D eigenvalue weighted by atomic mass is 10.1. The highest BCUT2D eigenvalue weighted by Gasteiger charge is 2.21. The topological polar surface area (TPSA) is 38.8 Å². The minimum Gasteiger partial charge on any atom is -0.493 e. The lowest BCUT2D eigenvalue weighted by molar-refractivity contribution is -0.0686. The predicted octanol–water partition coefficient (Wildman–Crippen LogP) is 3.16. The van der Waals surface area contributed by atoms with E-state index >= 15 is 0 Å². The molecule has 0 spiro atoms. The van der Waals surface area contributed by atoms with Crippen LogP contribution in [0.15, 0.2) is 24.3 Å². The Bertz CT molecular complexity index is 479. The Morgan fingerprint density at radius 1 is 1.27 bits per heavy atom. The van der Waals surface area contributed by atoms with Crippen LogP contribution in [0.3, 0.4) is 0 Å². The second-order valence-corrected chi connectivity index (χ2v) is 5.99. The van der Waals surface area contributed by atoms with Gasteiger partial charge in [-0.05, 0) is 32.4 Å². The third-order valence-electron chi connectivity index (χ3n) is 3.88. The molecule has 1 saturated heterocycles. The Labute approximate surface area is 133 Å². The van der Waals surface area contributed by atoms with Crippen LogP contribution in [0.5, 0.6) is 5.75 Å². The van der Waals surface area contributed by atoms with E-state index in [0.717, 1.165) is 26.1 Å². The number of carbonyl (C=O) groups is 1. The smallest absolute Gasteiger partial charge is 0.166 e. The molecule has 1 heterocycles. The summed E-state index contributed by atoms with van der Waals surface area (Å²) in [4.78, 5) is 14.3. The van der Waals surface area contributed by atoms with Crippen molar-refractivity contribution in [3.05, 3.63) is 29.8 Å². The highest BCUT2D eigenvalue weighted by atomic mass is 16.5. The molecule has 22 heavy (non-hydrogen) atoms. The molecule has 0 aliphatic carbocycles. The van der Waals surface area contributed by atoms with Crippen molar-refractivity contribution < 1.29 is 14.3 Å². The van der Waals surface area contributed by atoms with Gasteiger partial charge in [-0.25, -0.2) is 0 Å². The monoisotopic (exact) mass is 305 g/mol. The Kier molecular flexibility index (Phi) is 6.40. The summed E-state index contributed by atoms with van der Waals surface area (Å²) >= 11 is 0. The van der Waals surface area contributed by atoms with Crippen molar-refractivity contribution in [1.29, 1.82) is 0 Å². The summed E-state index contributed by atoms with van der Waals surface area (Å²) in [6.45, 7) is 9.71. The molecule has 0 saturated carbocycles. The number of hydrogen-bond donors (Lipinski definition) is 0. The molecule has 0 bridgehead atoms. The van der Waals surface area contributed by atoms with E-state index in [4.69, 9.17) is 9.47 Å². The van der Waals surface area contributed by atoms with Gasteiger partial charge in [-0.15, -0.1) is 0 Å². The zero-order valence-electron chi connectivity index (χ0n) is 13.9. The number of ether oxygens (including phenoxy) is 2. The second-order valence-electron chi connectivity index (χ2n) is 5.99. The maximum atomic E-state index is 11.9. The normalized spacial score (nSPS) is 22.5. The number of carbonyl (C=O) groups excluding carboxylic acids is 1. The average molecular weight is 305 g/mol. The zero-order chi connectivity index (χ0) is 15.9. The van der Waals surface area contributed by atoms with E-state index in [2.05, 4.69) is 18.7 Å². The summed E-state index contributed by atoms with van der Waals surface area (Å²) in [6.07, 6.45) is 2.05. The van der Waals surface area contributed by atoms with Gasteiger partial charge in [0.25, 0.3) is 0 Å². The molecule has 4 nitrogen and oxygen atoms in total. The van der Waals surface area contributed by atoms with Gasteiger partial charge < -0.3 is 9.47 Å². The van der Waals surface area contributed by atoms with Crippen LogP contribution in [0.4, 0.5) is 0 Å². The van der Waals surface area contributed by atoms with Crippen molar-refractivity contribution in [2.75, 3.05) is 26.2 Å². The number of benzene rings is 1. The zero-order valence-corrected chi connectivity index (χ0v) is 13.9. The molecule has 0 radical (unpaired) electrons. The van der Waals surface area contributed by atoms with Crippen LogP contribution >= 0.6 is 0 Å². The first-order valence-electron chi connectivity index (χ1n) is 8.23. The molecule has 2 rings (SSSR count). The molecule has 0 aromatic heterocycles. The van der Waals surface area contributed by atoms with Crippen molar-refractivity contribution in [1.82, 2.24) is 4.90 Å². The van der Waals surface area contributed by atoms with Gasteiger partial charge in [0.15, 0.2) is 5.78 Å². The van der Waals surface area contributed by atoms with Crippen LogP contribution in [0.25, 0.3) is 0 Å². The van der Waals surface area contributed by atoms with Crippen molar-refractivity contribution in [3.63, 3.8) is 0 Å². The average Bonchev–Trinajstić information content (AvgIpc) is 2.50. The van der Waals surface area contributed by atoms with E-state index in [-0.39, 0.29) is 5.78 Å². The number of Topliss-reactive ketones (excluding diaryl/α,β-unsaturated/α-hetero) is 1. The fraction of sp³-hybridized carbons (Fsp3) is 0.611. The van der Waals surface area contributed by atoms with E-state index in [1.165, 1.54) is 0 Å². The van der Waals surface area contributed by atoms with E-state index in [1.54, 1.807) is 0 Å². The van der Waals surface area contributed by atoms with E-state index in [1.807, 2.05) is 31.2 Å². The first-order chi connectivity index (χ1) is 10.6. The number of morpholine rings is 1. The molecule has 1 aliphatic rings. The highest BCUT2D eigenvalue weighted by Crippen LogP contribution is 2.20. The van der Waals surface area contributed by atoms with Gasteiger partial charge in [-0.3, -0.25) is 9.69 Å². The van der Waals surface area contributed by atoms with Crippen LogP contribution < -0.4 is 4.74 Å². The van der Waals surface area contributed by atoms with Gasteiger partial charge >= 0.3 is 0 Å². The quantitative estimate of drug-likeness (QED) is 0.573. The van der Waals surface area contributed by atoms with E-state index in [0.29, 0.717) is 36.5 Å². The van der Waals surface area contributed by atoms with Crippen molar-refractivity contribution in [3.8, 4) is 5.75 Å². The van der Waals surface area contributed by atoms with Crippen LogP contribution in [-0.2, 0) is 4.74 Å². The number of para-hydroxylation sites is 1. The number of rotatable bonds is 7. The standard InChI is InChI=1S/C18H27NO3/c1-4-17(20)16-8-5-6-9-18(16)21-11-7-10-19-12-14(2)22-15(3)13-19/h5-6,8-9,14-15H,4,7,10-13H2,1-3H3/t14-,15-/m0/s1. The number of ketones is 1. The second kappa shape index (κ2) is 8.30. The van der Waals surface area contributed by atoms with Crippen LogP contribution in [0, 0.1) is 0 Å². The molecule has 1 fully saturated rings. The molecular weight excluding hydrogens is 278 g/mol. The fourth-order valence-corrected chi connectivity index (χ4v) is 2.95. The molecule has 0 amide bonds. The van der Waals surface area contributed by atoms with Crippen LogP contribution in [0.2, 0.25) is 0 Å². The fourth-order valence-electron chi connectivity index (χ4n) is 2.95. The molecule has 0 N–H and O–H groups in total. The maximum Gasteiger partial charge on any atom is 0.166 e. The Morgan fingerprint density at radius 3 is 2.64 bits per heavy atom. The summed E-state index contributed by atoms with van der Waals surface area (Å²) in [6, 6.07) is 7.51. The summed E-state index contributed by atoms with van der Waals surface area (Å²) < 4.78 is 11.6. The summed E-state index contributed by atoms with van der Waals surface area (Å²) in [7, 11) is 0. The minimum atomic E-state index is 0.131. The first-order valence-corrected chi connectivity index (χ1v) is 8.23. The van der Waals surface area contributed by atoms with Gasteiger partial charge in [-0.1, -0.05) is 19.1 Å². The molecule has 4 heteroatoms. The van der Waals surface area contributed by atoms with Crippen molar-refractivity contribution >= 4 is 5.78 Å². The highest BCUT2D eigenvalue weighted by molar-refractivity contribution is 5.98. The van der Waals surface area contributed by atoms with Gasteiger partial charge in [0.05, 0.1) is 24.4 Å². The van der Waals surface area contributed by atoms with Gasteiger partial charge in [0.1, 0.15) is 5.75 Å². The van der Waals surface area contributed by atoms with Gasteiger partial charge in [-0.2, -0.15) is 0 Å². The van der Waals surface area contributed by atoms with Crippen LogP contribution in [-0.4, -0.2) is 49.1 Å². The van der Waals surface area contributed by atoms with Crippen molar-refractivity contribution in [2.45, 2.75) is 45.8 Å². The third-order valence-corrected chi connectivity index (χ3v) is 3.88. The number of nitrogens with zero attached hydrogens (tertiary/aromatic N) is 1. The van der Waals surface area contributed by atoms with Crippen molar-refractivity contribution in [2.24, 2.45) is 0 Å². The van der Waals surface area contributed by atoms with E-state index in [9.17, 15) is 4.79 Å². The van der Waals surface area contributed by atoms with Crippen LogP contribution in [0.1, 0.15) is 44.0 Å². The largest absolute Gasteiger partial charge is 0.493 e. The third kappa shape index (κ3) is 4.82. The lowest BCUT2D eigenvalue weighted by Gasteiger charge is -2.35. The maximum absolute atomic E-state index is 11.9.